The van der Waals surface area contributed by atoms with Crippen molar-refractivity contribution in [2.75, 3.05) is 52.1 Å². The van der Waals surface area contributed by atoms with Crippen molar-refractivity contribution in [3.8, 4) is 11.5 Å². The van der Waals surface area contributed by atoms with Crippen LogP contribution in [0.1, 0.15) is 0 Å². The maximum Gasteiger partial charge on any atom is 0.262 e. The highest BCUT2D eigenvalue weighted by Crippen LogP contribution is 2.28. The molecule has 0 aromatic heterocycles. The van der Waals surface area contributed by atoms with Gasteiger partial charge in [0.15, 0.2) is 6.61 Å². The van der Waals surface area contributed by atoms with Gasteiger partial charge in [0.2, 0.25) is 10.0 Å². The second kappa shape index (κ2) is 8.94. The number of hydrogen-bond acceptors (Lipinski definition) is 6. The van der Waals surface area contributed by atoms with Crippen LogP contribution in [-0.4, -0.2) is 60.5 Å². The zero-order valence-electron chi connectivity index (χ0n) is 16.6. The molecule has 8 nitrogen and oxygen atoms in total. The van der Waals surface area contributed by atoms with Gasteiger partial charge in [0.1, 0.15) is 11.5 Å². The van der Waals surface area contributed by atoms with Crippen LogP contribution < -0.4 is 19.7 Å². The molecule has 0 bridgehead atoms. The lowest BCUT2D eigenvalue weighted by Gasteiger charge is -2.20. The first kappa shape index (κ1) is 21.5. The second-order valence-corrected chi connectivity index (χ2v) is 8.53. The van der Waals surface area contributed by atoms with Gasteiger partial charge < -0.3 is 19.7 Å². The third-order valence-electron chi connectivity index (χ3n) is 3.93. The Morgan fingerprint density at radius 1 is 1.00 bits per heavy atom. The van der Waals surface area contributed by atoms with Crippen LogP contribution in [0.3, 0.4) is 0 Å². The van der Waals surface area contributed by atoms with Crippen molar-refractivity contribution in [3.05, 3.63) is 42.5 Å². The van der Waals surface area contributed by atoms with Crippen molar-refractivity contribution < 1.29 is 22.7 Å². The normalized spacial score (nSPS) is 11.2. The minimum atomic E-state index is -3.62. The monoisotopic (exact) mass is 407 g/mol. The first-order chi connectivity index (χ1) is 13.1. The lowest BCUT2D eigenvalue weighted by atomic mass is 10.2. The minimum absolute atomic E-state index is 0.0921. The Morgan fingerprint density at radius 3 is 2.14 bits per heavy atom. The molecule has 0 atom stereocenters. The van der Waals surface area contributed by atoms with Crippen LogP contribution in [-0.2, 0) is 14.8 Å². The molecule has 28 heavy (non-hydrogen) atoms. The number of rotatable bonds is 8. The summed E-state index contributed by atoms with van der Waals surface area (Å²) in [6.45, 7) is -0.218. The third-order valence-corrected chi connectivity index (χ3v) is 5.74. The van der Waals surface area contributed by atoms with Gasteiger partial charge in [-0.1, -0.05) is 0 Å². The van der Waals surface area contributed by atoms with Gasteiger partial charge in [0.05, 0.1) is 23.4 Å². The maximum absolute atomic E-state index is 12.4. The molecule has 2 aromatic carbocycles. The predicted octanol–water partition coefficient (Wildman–Crippen LogP) is 2.03. The summed E-state index contributed by atoms with van der Waals surface area (Å²) < 4.78 is 36.4. The quantitative estimate of drug-likeness (QED) is 0.720. The topological polar surface area (TPSA) is 88.2 Å². The summed E-state index contributed by atoms with van der Waals surface area (Å²) in [5.74, 6) is 0.803. The molecule has 0 aliphatic heterocycles. The van der Waals surface area contributed by atoms with Gasteiger partial charge in [-0.25, -0.2) is 12.7 Å². The number of carbonyl (C=O) groups excluding carboxylic acids is 1. The average Bonchev–Trinajstić information content (AvgIpc) is 2.66. The van der Waals surface area contributed by atoms with Crippen LogP contribution >= 0.6 is 0 Å². The van der Waals surface area contributed by atoms with Gasteiger partial charge in [-0.15, -0.1) is 0 Å². The minimum Gasteiger partial charge on any atom is -0.497 e. The largest absolute Gasteiger partial charge is 0.497 e. The first-order valence-electron chi connectivity index (χ1n) is 8.45. The SMILES string of the molecule is COc1ccc(OCC(=O)Nc2cc(S(=O)(=O)N(C)C)ccc2N(C)C)cc1. The lowest BCUT2D eigenvalue weighted by molar-refractivity contribution is -0.118. The van der Waals surface area contributed by atoms with Crippen molar-refractivity contribution in [1.29, 1.82) is 0 Å². The molecule has 1 N–H and O–H groups in total. The molecule has 0 saturated carbocycles. The van der Waals surface area contributed by atoms with Crippen molar-refractivity contribution in [1.82, 2.24) is 4.31 Å². The number of amides is 1. The van der Waals surface area contributed by atoms with E-state index in [1.807, 2.05) is 0 Å². The number of ether oxygens (including phenoxy) is 2. The molecule has 0 saturated heterocycles. The van der Waals surface area contributed by atoms with Crippen molar-refractivity contribution in [2.24, 2.45) is 0 Å². The summed E-state index contributed by atoms with van der Waals surface area (Å²) in [6, 6.07) is 11.4. The molecule has 2 rings (SSSR count). The van der Waals surface area contributed by atoms with Gasteiger partial charge in [-0.2, -0.15) is 0 Å². The molecule has 0 spiro atoms. The Bertz CT molecular complexity index is 925. The Morgan fingerprint density at radius 2 is 1.61 bits per heavy atom. The number of hydrogen-bond donors (Lipinski definition) is 1. The number of benzene rings is 2. The molecular formula is C19H25N3O5S. The third kappa shape index (κ3) is 5.14. The van der Waals surface area contributed by atoms with E-state index >= 15 is 0 Å². The smallest absolute Gasteiger partial charge is 0.262 e. The van der Waals surface area contributed by atoms with Gasteiger partial charge in [-0.3, -0.25) is 4.79 Å². The average molecular weight is 407 g/mol. The van der Waals surface area contributed by atoms with E-state index < -0.39 is 15.9 Å². The summed E-state index contributed by atoms with van der Waals surface area (Å²) in [4.78, 5) is 14.2. The van der Waals surface area contributed by atoms with Crippen LogP contribution in [0.2, 0.25) is 0 Å². The van der Waals surface area contributed by atoms with E-state index in [0.29, 0.717) is 22.9 Å². The summed E-state index contributed by atoms with van der Waals surface area (Å²) in [5, 5.41) is 2.72. The number of nitrogens with one attached hydrogen (secondary N) is 1. The Balaban J connectivity index is 2.16. The van der Waals surface area contributed by atoms with Crippen LogP contribution in [0, 0.1) is 0 Å². The van der Waals surface area contributed by atoms with Gasteiger partial charge in [0.25, 0.3) is 5.91 Å². The molecule has 2 aromatic rings. The molecule has 0 radical (unpaired) electrons. The summed E-state index contributed by atoms with van der Waals surface area (Å²) >= 11 is 0. The maximum atomic E-state index is 12.4. The zero-order chi connectivity index (χ0) is 20.9. The highest BCUT2D eigenvalue weighted by atomic mass is 32.2. The number of nitrogens with zero attached hydrogens (tertiary/aromatic N) is 2. The highest BCUT2D eigenvalue weighted by molar-refractivity contribution is 7.89. The Labute approximate surface area is 165 Å². The van der Waals surface area contributed by atoms with E-state index in [1.54, 1.807) is 56.4 Å². The molecule has 0 heterocycles. The molecule has 0 aliphatic carbocycles. The number of methoxy groups -OCH3 is 1. The summed E-state index contributed by atoms with van der Waals surface area (Å²) in [5.41, 5.74) is 1.06. The van der Waals surface area contributed by atoms with E-state index in [0.717, 1.165) is 4.31 Å². The molecule has 0 unspecified atom stereocenters. The predicted molar refractivity (Wildman–Crippen MR) is 109 cm³/mol. The van der Waals surface area contributed by atoms with E-state index in [4.69, 9.17) is 9.47 Å². The van der Waals surface area contributed by atoms with Crippen molar-refractivity contribution >= 4 is 27.3 Å². The molecule has 152 valence electrons. The van der Waals surface area contributed by atoms with E-state index in [-0.39, 0.29) is 11.5 Å². The van der Waals surface area contributed by atoms with E-state index in [9.17, 15) is 13.2 Å². The lowest BCUT2D eigenvalue weighted by Crippen LogP contribution is -2.24. The number of sulfonamides is 1. The van der Waals surface area contributed by atoms with Crippen LogP contribution in [0.5, 0.6) is 11.5 Å². The molecule has 9 heteroatoms. The number of anilines is 2. The summed E-state index contributed by atoms with van der Waals surface area (Å²) in [7, 11) is 4.46. The standard InChI is InChI=1S/C19H25N3O5S/c1-21(2)18-11-10-16(28(24,25)22(3)4)12-17(18)20-19(23)13-27-15-8-6-14(26-5)7-9-15/h6-12H,13H2,1-5H3,(H,20,23). The van der Waals surface area contributed by atoms with Crippen LogP contribution in [0.15, 0.2) is 47.4 Å². The molecule has 0 aliphatic rings. The zero-order valence-corrected chi connectivity index (χ0v) is 17.4. The highest BCUT2D eigenvalue weighted by Gasteiger charge is 2.20. The Kier molecular flexibility index (Phi) is 6.87. The van der Waals surface area contributed by atoms with Gasteiger partial charge in [-0.05, 0) is 42.5 Å². The van der Waals surface area contributed by atoms with Gasteiger partial charge in [0, 0.05) is 28.2 Å². The molecule has 0 fully saturated rings. The molecular weight excluding hydrogens is 382 g/mol. The van der Waals surface area contributed by atoms with Gasteiger partial charge >= 0.3 is 0 Å². The van der Waals surface area contributed by atoms with Crippen molar-refractivity contribution in [2.45, 2.75) is 4.90 Å². The number of carbonyl (C=O) groups is 1. The fourth-order valence-corrected chi connectivity index (χ4v) is 3.31. The fourth-order valence-electron chi connectivity index (χ4n) is 2.38. The molecule has 1 amide bonds. The van der Waals surface area contributed by atoms with E-state index in [2.05, 4.69) is 5.32 Å². The van der Waals surface area contributed by atoms with E-state index in [1.165, 1.54) is 26.2 Å². The fraction of sp³-hybridized carbons (Fsp3) is 0.316. The Hall–Kier alpha value is -2.78. The second-order valence-electron chi connectivity index (χ2n) is 6.37. The van der Waals surface area contributed by atoms with Crippen molar-refractivity contribution in [3.63, 3.8) is 0 Å². The van der Waals surface area contributed by atoms with Crippen LogP contribution in [0.25, 0.3) is 0 Å². The summed E-state index contributed by atoms with van der Waals surface area (Å²) in [6.07, 6.45) is 0. The first-order valence-corrected chi connectivity index (χ1v) is 9.89. The van der Waals surface area contributed by atoms with Crippen LogP contribution in [0.4, 0.5) is 11.4 Å².